The van der Waals surface area contributed by atoms with E-state index in [1.54, 1.807) is 12.1 Å². The molecule has 0 aliphatic rings. The smallest absolute Gasteiger partial charge is 0.257 e. The first-order valence-electron chi connectivity index (χ1n) is 5.94. The molecule has 106 valence electrons. The van der Waals surface area contributed by atoms with Gasteiger partial charge in [-0.2, -0.15) is 0 Å². The van der Waals surface area contributed by atoms with Gasteiger partial charge in [-0.15, -0.1) is 23.7 Å². The third kappa shape index (κ3) is 2.44. The number of rotatable bonds is 2. The zero-order valence-electron chi connectivity index (χ0n) is 11.1. The number of aromatic nitrogens is 1. The lowest BCUT2D eigenvalue weighted by atomic mass is 10.1. The van der Waals surface area contributed by atoms with Crippen LogP contribution < -0.4 is 5.56 Å². The Hall–Kier alpha value is -1.43. The Kier molecular flexibility index (Phi) is 4.13. The summed E-state index contributed by atoms with van der Waals surface area (Å²) in [6, 6.07) is 6.57. The first kappa shape index (κ1) is 15.0. The van der Waals surface area contributed by atoms with Crippen molar-refractivity contribution in [3.05, 3.63) is 45.3 Å². The van der Waals surface area contributed by atoms with E-state index in [9.17, 15) is 9.18 Å². The fourth-order valence-electron chi connectivity index (χ4n) is 2.27. The second kappa shape index (κ2) is 5.52. The van der Waals surface area contributed by atoms with Gasteiger partial charge in [0.15, 0.2) is 0 Å². The SMILES string of the molecule is CN(C)Cc1cc2c([nH]c(=O)c3cccc(F)c32)s1.Cl. The molecule has 0 aliphatic heterocycles. The molecule has 3 nitrogen and oxygen atoms in total. The van der Waals surface area contributed by atoms with Gasteiger partial charge >= 0.3 is 0 Å². The molecule has 0 atom stereocenters. The van der Waals surface area contributed by atoms with Crippen molar-refractivity contribution in [2.75, 3.05) is 14.1 Å². The third-order valence-electron chi connectivity index (χ3n) is 3.01. The summed E-state index contributed by atoms with van der Waals surface area (Å²) >= 11 is 1.50. The van der Waals surface area contributed by atoms with Gasteiger partial charge in [-0.3, -0.25) is 4.79 Å². The van der Waals surface area contributed by atoms with E-state index in [1.807, 2.05) is 25.1 Å². The molecule has 6 heteroatoms. The van der Waals surface area contributed by atoms with E-state index >= 15 is 0 Å². The Balaban J connectivity index is 0.00000147. The molecule has 0 bridgehead atoms. The van der Waals surface area contributed by atoms with Crippen LogP contribution in [0.1, 0.15) is 4.88 Å². The van der Waals surface area contributed by atoms with Crippen LogP contribution >= 0.6 is 23.7 Å². The molecule has 0 aliphatic carbocycles. The number of fused-ring (bicyclic) bond motifs is 3. The van der Waals surface area contributed by atoms with Crippen LogP contribution in [-0.4, -0.2) is 24.0 Å². The quantitative estimate of drug-likeness (QED) is 0.787. The van der Waals surface area contributed by atoms with Crippen molar-refractivity contribution < 1.29 is 4.39 Å². The van der Waals surface area contributed by atoms with Crippen molar-refractivity contribution in [2.45, 2.75) is 6.54 Å². The minimum atomic E-state index is -0.345. The zero-order valence-corrected chi connectivity index (χ0v) is 12.7. The minimum absolute atomic E-state index is 0. The predicted octanol–water partition coefficient (Wildman–Crippen LogP) is 3.37. The lowest BCUT2D eigenvalue weighted by Crippen LogP contribution is -2.09. The average Bonchev–Trinajstić information content (AvgIpc) is 2.70. The van der Waals surface area contributed by atoms with E-state index in [0.29, 0.717) is 10.8 Å². The first-order valence-corrected chi connectivity index (χ1v) is 6.75. The number of aromatic amines is 1. The molecule has 2 aromatic heterocycles. The molecule has 0 saturated heterocycles. The van der Waals surface area contributed by atoms with Gasteiger partial charge in [0.1, 0.15) is 10.6 Å². The van der Waals surface area contributed by atoms with E-state index in [4.69, 9.17) is 0 Å². The summed E-state index contributed by atoms with van der Waals surface area (Å²) < 4.78 is 14.0. The van der Waals surface area contributed by atoms with E-state index < -0.39 is 0 Å². The Labute approximate surface area is 125 Å². The van der Waals surface area contributed by atoms with Crippen LogP contribution in [0.3, 0.4) is 0 Å². The second-order valence-electron chi connectivity index (χ2n) is 4.81. The number of hydrogen-bond acceptors (Lipinski definition) is 3. The molecule has 0 fully saturated rings. The highest BCUT2D eigenvalue weighted by Crippen LogP contribution is 2.30. The van der Waals surface area contributed by atoms with E-state index in [2.05, 4.69) is 4.98 Å². The van der Waals surface area contributed by atoms with Crippen molar-refractivity contribution in [3.63, 3.8) is 0 Å². The maximum atomic E-state index is 14.0. The number of benzene rings is 1. The number of halogens is 2. The number of H-pyrrole nitrogens is 1. The monoisotopic (exact) mass is 312 g/mol. The molecule has 0 radical (unpaired) electrons. The van der Waals surface area contributed by atoms with E-state index in [0.717, 1.165) is 21.6 Å². The van der Waals surface area contributed by atoms with Crippen molar-refractivity contribution in [2.24, 2.45) is 0 Å². The van der Waals surface area contributed by atoms with Crippen LogP contribution in [0, 0.1) is 5.82 Å². The predicted molar refractivity (Wildman–Crippen MR) is 84.5 cm³/mol. The molecular formula is C14H14ClFN2OS. The minimum Gasteiger partial charge on any atom is -0.313 e. The molecule has 2 heterocycles. The van der Waals surface area contributed by atoms with Gasteiger partial charge in [-0.25, -0.2) is 4.39 Å². The molecule has 1 N–H and O–H groups in total. The van der Waals surface area contributed by atoms with Crippen LogP contribution in [-0.2, 0) is 6.54 Å². The van der Waals surface area contributed by atoms with Gasteiger partial charge in [0.05, 0.1) is 5.39 Å². The van der Waals surface area contributed by atoms with Crippen LogP contribution in [0.25, 0.3) is 21.0 Å². The highest BCUT2D eigenvalue weighted by molar-refractivity contribution is 7.18. The number of thiophene rings is 1. The van der Waals surface area contributed by atoms with Crippen LogP contribution in [0.4, 0.5) is 4.39 Å². The summed E-state index contributed by atoms with van der Waals surface area (Å²) in [5.41, 5.74) is -0.236. The largest absolute Gasteiger partial charge is 0.313 e. The number of hydrogen-bond donors (Lipinski definition) is 1. The summed E-state index contributed by atoms with van der Waals surface area (Å²) in [4.78, 5) is 18.7. The maximum absolute atomic E-state index is 14.0. The van der Waals surface area contributed by atoms with Crippen LogP contribution in [0.2, 0.25) is 0 Å². The lowest BCUT2D eigenvalue weighted by molar-refractivity contribution is 0.406. The summed E-state index contributed by atoms with van der Waals surface area (Å²) in [6.45, 7) is 0.775. The average molecular weight is 313 g/mol. The van der Waals surface area contributed by atoms with Gasteiger partial charge in [-0.05, 0) is 32.3 Å². The van der Waals surface area contributed by atoms with Crippen molar-refractivity contribution in [1.82, 2.24) is 9.88 Å². The fourth-order valence-corrected chi connectivity index (χ4v) is 3.44. The standard InChI is InChI=1S/C14H13FN2OS.ClH/c1-17(2)7-8-6-10-12-9(4-3-5-11(12)15)13(18)16-14(10)19-8;/h3-6H,7H2,1-2H3,(H,16,18);1H. The first-order chi connectivity index (χ1) is 9.06. The summed E-state index contributed by atoms with van der Waals surface area (Å²) in [5.74, 6) is -0.345. The second-order valence-corrected chi connectivity index (χ2v) is 5.95. The molecule has 20 heavy (non-hydrogen) atoms. The zero-order chi connectivity index (χ0) is 13.6. The number of pyridine rings is 1. The molecule has 3 rings (SSSR count). The normalized spacial score (nSPS) is 11.2. The third-order valence-corrected chi connectivity index (χ3v) is 4.05. The van der Waals surface area contributed by atoms with Crippen molar-refractivity contribution >= 4 is 44.7 Å². The maximum Gasteiger partial charge on any atom is 0.257 e. The number of nitrogens with one attached hydrogen (secondary N) is 1. The van der Waals surface area contributed by atoms with Gasteiger partial charge in [0.25, 0.3) is 5.56 Å². The van der Waals surface area contributed by atoms with Crippen molar-refractivity contribution in [3.8, 4) is 0 Å². The van der Waals surface area contributed by atoms with Crippen molar-refractivity contribution in [1.29, 1.82) is 0 Å². The molecular weight excluding hydrogens is 299 g/mol. The molecule has 1 aromatic carbocycles. The molecule has 3 aromatic rings. The van der Waals surface area contributed by atoms with E-state index in [1.165, 1.54) is 17.4 Å². The van der Waals surface area contributed by atoms with Gasteiger partial charge < -0.3 is 9.88 Å². The Morgan fingerprint density at radius 1 is 1.30 bits per heavy atom. The summed E-state index contributed by atoms with van der Waals surface area (Å²) in [6.07, 6.45) is 0. The lowest BCUT2D eigenvalue weighted by Gasteiger charge is -2.05. The Morgan fingerprint density at radius 3 is 2.75 bits per heavy atom. The number of nitrogens with zero attached hydrogens (tertiary/aromatic N) is 1. The molecule has 0 spiro atoms. The van der Waals surface area contributed by atoms with E-state index in [-0.39, 0.29) is 23.8 Å². The highest BCUT2D eigenvalue weighted by atomic mass is 35.5. The molecule has 0 unspecified atom stereocenters. The highest BCUT2D eigenvalue weighted by Gasteiger charge is 2.12. The topological polar surface area (TPSA) is 36.1 Å². The summed E-state index contributed by atoms with van der Waals surface area (Å²) in [7, 11) is 3.96. The fraction of sp³-hybridized carbons (Fsp3) is 0.214. The Morgan fingerprint density at radius 2 is 2.05 bits per heavy atom. The Bertz CT molecular complexity index is 825. The van der Waals surface area contributed by atoms with Gasteiger partial charge in [0, 0.05) is 22.2 Å². The van der Waals surface area contributed by atoms with Crippen LogP contribution in [0.5, 0.6) is 0 Å². The van der Waals surface area contributed by atoms with Gasteiger partial charge in [0.2, 0.25) is 0 Å². The van der Waals surface area contributed by atoms with Crippen LogP contribution in [0.15, 0.2) is 29.1 Å². The molecule has 0 saturated carbocycles. The molecule has 0 amide bonds. The summed E-state index contributed by atoms with van der Waals surface area (Å²) in [5, 5.41) is 1.61. The van der Waals surface area contributed by atoms with Gasteiger partial charge in [-0.1, -0.05) is 6.07 Å².